The predicted molar refractivity (Wildman–Crippen MR) is 45.8 cm³/mol. The molecule has 0 saturated heterocycles. The van der Waals surface area contributed by atoms with Crippen molar-refractivity contribution in [3.05, 3.63) is 11.6 Å². The van der Waals surface area contributed by atoms with E-state index in [-0.39, 0.29) is 11.9 Å². The van der Waals surface area contributed by atoms with Crippen LogP contribution in [0.3, 0.4) is 0 Å². The molecule has 1 saturated carbocycles. The number of carbonyl (C=O) groups excluding carboxylic acids is 1. The van der Waals surface area contributed by atoms with E-state index >= 15 is 0 Å². The molecule has 0 amide bonds. The summed E-state index contributed by atoms with van der Waals surface area (Å²) >= 11 is 0. The lowest BCUT2D eigenvalue weighted by Gasteiger charge is -2.14. The molecule has 1 fully saturated rings. The SMILES string of the molecule is COC1CC2CCCC=C2C1=O. The molecular weight excluding hydrogens is 152 g/mol. The Morgan fingerprint density at radius 3 is 3.08 bits per heavy atom. The molecule has 0 heterocycles. The summed E-state index contributed by atoms with van der Waals surface area (Å²) in [5.74, 6) is 0.749. The first-order valence-corrected chi connectivity index (χ1v) is 4.60. The number of hydrogen-bond acceptors (Lipinski definition) is 2. The lowest BCUT2D eigenvalue weighted by molar-refractivity contribution is -0.122. The maximum absolute atomic E-state index is 11.6. The largest absolute Gasteiger partial charge is 0.373 e. The molecule has 2 atom stereocenters. The van der Waals surface area contributed by atoms with Gasteiger partial charge in [-0.1, -0.05) is 6.08 Å². The molecule has 0 N–H and O–H groups in total. The Labute approximate surface area is 72.6 Å². The molecule has 0 aliphatic heterocycles. The van der Waals surface area contributed by atoms with Crippen molar-refractivity contribution in [3.8, 4) is 0 Å². The molecule has 2 unspecified atom stereocenters. The summed E-state index contributed by atoms with van der Waals surface area (Å²) in [6.07, 6.45) is 6.37. The highest BCUT2D eigenvalue weighted by Gasteiger charge is 2.37. The molecule has 12 heavy (non-hydrogen) atoms. The van der Waals surface area contributed by atoms with E-state index in [1.165, 1.54) is 12.8 Å². The van der Waals surface area contributed by atoms with Crippen LogP contribution in [-0.4, -0.2) is 19.0 Å². The topological polar surface area (TPSA) is 26.3 Å². The zero-order valence-corrected chi connectivity index (χ0v) is 7.38. The third-order valence-electron chi connectivity index (χ3n) is 2.92. The smallest absolute Gasteiger partial charge is 0.187 e. The van der Waals surface area contributed by atoms with Crippen molar-refractivity contribution in [2.45, 2.75) is 31.8 Å². The molecule has 66 valence electrons. The summed E-state index contributed by atoms with van der Waals surface area (Å²) < 4.78 is 5.12. The van der Waals surface area contributed by atoms with Crippen LogP contribution in [0.15, 0.2) is 11.6 Å². The number of rotatable bonds is 1. The predicted octanol–water partition coefficient (Wildman–Crippen LogP) is 1.70. The van der Waals surface area contributed by atoms with Gasteiger partial charge < -0.3 is 4.74 Å². The fraction of sp³-hybridized carbons (Fsp3) is 0.700. The van der Waals surface area contributed by atoms with Gasteiger partial charge in [-0.3, -0.25) is 4.79 Å². The third-order valence-corrected chi connectivity index (χ3v) is 2.92. The summed E-state index contributed by atoms with van der Waals surface area (Å²) in [5, 5.41) is 0. The first-order valence-electron chi connectivity index (χ1n) is 4.60. The van der Waals surface area contributed by atoms with E-state index in [9.17, 15) is 4.79 Å². The normalized spacial score (nSPS) is 34.8. The van der Waals surface area contributed by atoms with Crippen LogP contribution < -0.4 is 0 Å². The van der Waals surface area contributed by atoms with Gasteiger partial charge >= 0.3 is 0 Å². The minimum Gasteiger partial charge on any atom is -0.373 e. The average molecular weight is 166 g/mol. The van der Waals surface area contributed by atoms with Crippen LogP contribution in [0.25, 0.3) is 0 Å². The number of ether oxygens (including phenoxy) is 1. The number of carbonyl (C=O) groups is 1. The van der Waals surface area contributed by atoms with Gasteiger partial charge in [-0.15, -0.1) is 0 Å². The minimum atomic E-state index is -0.139. The van der Waals surface area contributed by atoms with Crippen LogP contribution in [0, 0.1) is 5.92 Å². The lowest BCUT2D eigenvalue weighted by Crippen LogP contribution is -2.16. The quantitative estimate of drug-likeness (QED) is 0.592. The van der Waals surface area contributed by atoms with Gasteiger partial charge in [-0.25, -0.2) is 0 Å². The summed E-state index contributed by atoms with van der Waals surface area (Å²) in [7, 11) is 1.63. The molecule has 0 aromatic rings. The molecule has 2 nitrogen and oxygen atoms in total. The van der Waals surface area contributed by atoms with Gasteiger partial charge in [-0.05, 0) is 37.2 Å². The van der Waals surface area contributed by atoms with Crippen LogP contribution >= 0.6 is 0 Å². The van der Waals surface area contributed by atoms with Crippen molar-refractivity contribution in [1.82, 2.24) is 0 Å². The molecular formula is C10H14O2. The van der Waals surface area contributed by atoms with Gasteiger partial charge in [0.2, 0.25) is 0 Å². The van der Waals surface area contributed by atoms with Gasteiger partial charge in [0.25, 0.3) is 0 Å². The van der Waals surface area contributed by atoms with E-state index < -0.39 is 0 Å². The van der Waals surface area contributed by atoms with Gasteiger partial charge in [0.1, 0.15) is 6.10 Å². The number of hydrogen-bond donors (Lipinski definition) is 0. The van der Waals surface area contributed by atoms with Crippen molar-refractivity contribution >= 4 is 5.78 Å². The molecule has 0 spiro atoms. The molecule has 2 heteroatoms. The molecule has 0 radical (unpaired) electrons. The Bertz CT molecular complexity index is 230. The summed E-state index contributed by atoms with van der Waals surface area (Å²) in [6, 6.07) is 0. The Kier molecular flexibility index (Phi) is 2.01. The van der Waals surface area contributed by atoms with E-state index in [1.54, 1.807) is 7.11 Å². The van der Waals surface area contributed by atoms with Crippen molar-refractivity contribution < 1.29 is 9.53 Å². The second-order valence-corrected chi connectivity index (χ2v) is 3.61. The fourth-order valence-electron chi connectivity index (χ4n) is 2.25. The second-order valence-electron chi connectivity index (χ2n) is 3.61. The average Bonchev–Trinajstić information content (AvgIpc) is 2.44. The summed E-state index contributed by atoms with van der Waals surface area (Å²) in [4.78, 5) is 11.6. The highest BCUT2D eigenvalue weighted by molar-refractivity contribution is 6.01. The highest BCUT2D eigenvalue weighted by Crippen LogP contribution is 2.36. The lowest BCUT2D eigenvalue weighted by atomic mass is 9.90. The summed E-state index contributed by atoms with van der Waals surface area (Å²) in [6.45, 7) is 0. The fourth-order valence-corrected chi connectivity index (χ4v) is 2.25. The van der Waals surface area contributed by atoms with E-state index in [4.69, 9.17) is 4.74 Å². The second kappa shape index (κ2) is 3.02. The number of Topliss-reactive ketones (excluding diaryl/α,β-unsaturated/α-hetero) is 1. The van der Waals surface area contributed by atoms with Gasteiger partial charge in [0.15, 0.2) is 5.78 Å². The minimum absolute atomic E-state index is 0.139. The Balaban J connectivity index is 2.21. The van der Waals surface area contributed by atoms with Crippen LogP contribution in [-0.2, 0) is 9.53 Å². The van der Waals surface area contributed by atoms with E-state index in [0.717, 1.165) is 18.4 Å². The monoisotopic (exact) mass is 166 g/mol. The van der Waals surface area contributed by atoms with E-state index in [1.807, 2.05) is 0 Å². The number of allylic oxidation sites excluding steroid dienone is 1. The highest BCUT2D eigenvalue weighted by atomic mass is 16.5. The number of methoxy groups -OCH3 is 1. The zero-order chi connectivity index (χ0) is 8.55. The van der Waals surface area contributed by atoms with E-state index in [2.05, 4.69) is 6.08 Å². The first-order chi connectivity index (χ1) is 5.83. The van der Waals surface area contributed by atoms with Crippen molar-refractivity contribution in [2.24, 2.45) is 5.92 Å². The van der Waals surface area contributed by atoms with Gasteiger partial charge in [0.05, 0.1) is 0 Å². The number of ketones is 1. The maximum atomic E-state index is 11.6. The Morgan fingerprint density at radius 2 is 2.42 bits per heavy atom. The first kappa shape index (κ1) is 7.99. The van der Waals surface area contributed by atoms with E-state index in [0.29, 0.717) is 5.92 Å². The van der Waals surface area contributed by atoms with Crippen molar-refractivity contribution in [2.75, 3.05) is 7.11 Å². The third kappa shape index (κ3) is 1.11. The molecule has 0 aromatic carbocycles. The van der Waals surface area contributed by atoms with Crippen molar-refractivity contribution in [1.29, 1.82) is 0 Å². The van der Waals surface area contributed by atoms with Crippen LogP contribution in [0.5, 0.6) is 0 Å². The van der Waals surface area contributed by atoms with Crippen molar-refractivity contribution in [3.63, 3.8) is 0 Å². The summed E-state index contributed by atoms with van der Waals surface area (Å²) in [5.41, 5.74) is 1.05. The van der Waals surface area contributed by atoms with Crippen LogP contribution in [0.2, 0.25) is 0 Å². The van der Waals surface area contributed by atoms with Crippen LogP contribution in [0.4, 0.5) is 0 Å². The van der Waals surface area contributed by atoms with Gasteiger partial charge in [0, 0.05) is 7.11 Å². The molecule has 0 aromatic heterocycles. The maximum Gasteiger partial charge on any atom is 0.187 e. The number of fused-ring (bicyclic) bond motifs is 1. The molecule has 0 bridgehead atoms. The molecule has 2 aliphatic carbocycles. The van der Waals surface area contributed by atoms with Crippen LogP contribution in [0.1, 0.15) is 25.7 Å². The van der Waals surface area contributed by atoms with Gasteiger partial charge in [-0.2, -0.15) is 0 Å². The Hall–Kier alpha value is -0.630. The Morgan fingerprint density at radius 1 is 1.58 bits per heavy atom. The standard InChI is InChI=1S/C10H14O2/c1-12-9-6-7-4-2-3-5-8(7)10(9)11/h5,7,9H,2-4,6H2,1H3. The zero-order valence-electron chi connectivity index (χ0n) is 7.38. The molecule has 2 aliphatic rings. The molecule has 2 rings (SSSR count).